The molecule has 0 radical (unpaired) electrons. The number of aromatic nitrogens is 2. The molecular formula is C27H31N5O3. The van der Waals surface area contributed by atoms with Gasteiger partial charge in [0.25, 0.3) is 11.5 Å². The lowest BCUT2D eigenvalue weighted by Gasteiger charge is -2.19. The SMILES string of the molecule is C=CC(=O)Nc1cccc(CCNc2nc(NC(=O)c3cccc(C(C)(C)C)c3)cn(C)c2=O)c1. The van der Waals surface area contributed by atoms with Gasteiger partial charge in [-0.05, 0) is 53.3 Å². The fourth-order valence-corrected chi connectivity index (χ4v) is 3.42. The number of carbonyl (C=O) groups is 2. The minimum Gasteiger partial charge on any atom is -0.365 e. The fraction of sp³-hybridized carbons (Fsp3) is 0.259. The van der Waals surface area contributed by atoms with E-state index in [1.165, 1.54) is 16.8 Å². The van der Waals surface area contributed by atoms with Crippen molar-refractivity contribution in [3.63, 3.8) is 0 Å². The largest absolute Gasteiger partial charge is 0.365 e. The molecule has 0 bridgehead atoms. The fourth-order valence-electron chi connectivity index (χ4n) is 3.42. The van der Waals surface area contributed by atoms with Gasteiger partial charge >= 0.3 is 0 Å². The molecule has 8 heteroatoms. The van der Waals surface area contributed by atoms with Crippen LogP contribution < -0.4 is 21.5 Å². The quantitative estimate of drug-likeness (QED) is 0.427. The molecule has 0 unspecified atom stereocenters. The van der Waals surface area contributed by atoms with Gasteiger partial charge in [-0.2, -0.15) is 0 Å². The van der Waals surface area contributed by atoms with Crippen molar-refractivity contribution in [3.8, 4) is 0 Å². The number of aryl methyl sites for hydroxylation is 1. The molecule has 0 spiro atoms. The second-order valence-corrected chi connectivity index (χ2v) is 9.25. The number of carbonyl (C=O) groups excluding carboxylic acids is 2. The zero-order valence-electron chi connectivity index (χ0n) is 20.5. The van der Waals surface area contributed by atoms with Gasteiger partial charge in [-0.15, -0.1) is 0 Å². The van der Waals surface area contributed by atoms with Crippen LogP contribution in [0.25, 0.3) is 0 Å². The van der Waals surface area contributed by atoms with E-state index in [2.05, 4.69) is 48.3 Å². The zero-order chi connectivity index (χ0) is 25.6. The van der Waals surface area contributed by atoms with E-state index in [-0.39, 0.29) is 34.4 Å². The molecule has 182 valence electrons. The van der Waals surface area contributed by atoms with Gasteiger partial charge in [0.15, 0.2) is 11.6 Å². The summed E-state index contributed by atoms with van der Waals surface area (Å²) in [5, 5.41) is 8.57. The molecule has 0 saturated heterocycles. The molecule has 0 aliphatic rings. The Balaban J connectivity index is 1.69. The zero-order valence-corrected chi connectivity index (χ0v) is 20.5. The van der Waals surface area contributed by atoms with Crippen LogP contribution in [0, 0.1) is 0 Å². The minimum absolute atomic E-state index is 0.0843. The molecule has 35 heavy (non-hydrogen) atoms. The van der Waals surface area contributed by atoms with Crippen molar-refractivity contribution >= 4 is 29.1 Å². The summed E-state index contributed by atoms with van der Waals surface area (Å²) in [5.41, 5.74) is 2.82. The molecule has 0 aliphatic carbocycles. The maximum Gasteiger partial charge on any atom is 0.293 e. The lowest BCUT2D eigenvalue weighted by Crippen LogP contribution is -2.25. The van der Waals surface area contributed by atoms with E-state index in [0.717, 1.165) is 11.1 Å². The molecule has 3 aromatic rings. The molecule has 0 saturated carbocycles. The predicted molar refractivity (Wildman–Crippen MR) is 140 cm³/mol. The van der Waals surface area contributed by atoms with Crippen molar-refractivity contribution < 1.29 is 9.59 Å². The van der Waals surface area contributed by atoms with Crippen LogP contribution in [0.1, 0.15) is 42.3 Å². The number of nitrogens with zero attached hydrogens (tertiary/aromatic N) is 2. The van der Waals surface area contributed by atoms with Gasteiger partial charge in [0.05, 0.1) is 0 Å². The van der Waals surface area contributed by atoms with E-state index in [1.54, 1.807) is 19.2 Å². The van der Waals surface area contributed by atoms with Gasteiger partial charge in [-0.1, -0.05) is 51.6 Å². The average molecular weight is 474 g/mol. The molecule has 1 heterocycles. The number of benzene rings is 2. The molecule has 3 N–H and O–H groups in total. The van der Waals surface area contributed by atoms with Gasteiger partial charge in [0.1, 0.15) is 0 Å². The number of amides is 2. The Bertz CT molecular complexity index is 1300. The van der Waals surface area contributed by atoms with Crippen LogP contribution in [0.4, 0.5) is 17.3 Å². The first kappa shape index (κ1) is 25.4. The van der Waals surface area contributed by atoms with Gasteiger partial charge in [0.2, 0.25) is 5.91 Å². The first-order valence-corrected chi connectivity index (χ1v) is 11.3. The van der Waals surface area contributed by atoms with Crippen molar-refractivity contribution in [3.05, 3.63) is 94.4 Å². The van der Waals surface area contributed by atoms with E-state index in [9.17, 15) is 14.4 Å². The highest BCUT2D eigenvalue weighted by Gasteiger charge is 2.16. The molecular weight excluding hydrogens is 442 g/mol. The average Bonchev–Trinajstić information content (AvgIpc) is 2.81. The second-order valence-electron chi connectivity index (χ2n) is 9.25. The van der Waals surface area contributed by atoms with E-state index in [1.807, 2.05) is 36.4 Å². The van der Waals surface area contributed by atoms with E-state index >= 15 is 0 Å². The highest BCUT2D eigenvalue weighted by atomic mass is 16.2. The third-order valence-corrected chi connectivity index (χ3v) is 5.39. The Morgan fingerprint density at radius 1 is 1.09 bits per heavy atom. The summed E-state index contributed by atoms with van der Waals surface area (Å²) in [5.74, 6) is -0.164. The number of hydrogen-bond acceptors (Lipinski definition) is 5. The highest BCUT2D eigenvalue weighted by Crippen LogP contribution is 2.23. The third kappa shape index (κ3) is 6.89. The lowest BCUT2D eigenvalue weighted by molar-refractivity contribution is -0.111. The Hall–Kier alpha value is -4.20. The summed E-state index contributed by atoms with van der Waals surface area (Å²) < 4.78 is 1.38. The first-order valence-electron chi connectivity index (χ1n) is 11.3. The summed E-state index contributed by atoms with van der Waals surface area (Å²) in [6.45, 7) is 10.1. The Kier molecular flexibility index (Phi) is 7.86. The van der Waals surface area contributed by atoms with Crippen LogP contribution in [-0.2, 0) is 23.7 Å². The van der Waals surface area contributed by atoms with Gasteiger partial charge in [-0.3, -0.25) is 14.4 Å². The first-order chi connectivity index (χ1) is 16.6. The van der Waals surface area contributed by atoms with Crippen molar-refractivity contribution in [1.29, 1.82) is 0 Å². The Morgan fingerprint density at radius 2 is 1.83 bits per heavy atom. The summed E-state index contributed by atoms with van der Waals surface area (Å²) in [6.07, 6.45) is 3.30. The summed E-state index contributed by atoms with van der Waals surface area (Å²) in [4.78, 5) is 41.2. The molecule has 3 rings (SSSR count). The molecule has 2 amide bonds. The van der Waals surface area contributed by atoms with E-state index < -0.39 is 0 Å². The summed E-state index contributed by atoms with van der Waals surface area (Å²) in [7, 11) is 1.61. The van der Waals surface area contributed by atoms with E-state index in [4.69, 9.17) is 0 Å². The van der Waals surface area contributed by atoms with E-state index in [0.29, 0.717) is 24.2 Å². The van der Waals surface area contributed by atoms with Crippen molar-refractivity contribution in [1.82, 2.24) is 9.55 Å². The minimum atomic E-state index is -0.301. The molecule has 1 aromatic heterocycles. The topological polar surface area (TPSA) is 105 Å². The normalized spacial score (nSPS) is 11.0. The summed E-state index contributed by atoms with van der Waals surface area (Å²) in [6, 6.07) is 14.9. The smallest absolute Gasteiger partial charge is 0.293 e. The van der Waals surface area contributed by atoms with Gasteiger partial charge in [-0.25, -0.2) is 4.98 Å². The molecule has 2 aromatic carbocycles. The second kappa shape index (κ2) is 10.8. The van der Waals surface area contributed by atoms with Crippen molar-refractivity contribution in [2.75, 3.05) is 22.5 Å². The monoisotopic (exact) mass is 473 g/mol. The number of rotatable bonds is 8. The van der Waals surface area contributed by atoms with Crippen LogP contribution in [0.5, 0.6) is 0 Å². The van der Waals surface area contributed by atoms with Gasteiger partial charge in [0, 0.05) is 31.0 Å². The van der Waals surface area contributed by atoms with Crippen molar-refractivity contribution in [2.24, 2.45) is 7.05 Å². The van der Waals surface area contributed by atoms with Crippen LogP contribution >= 0.6 is 0 Å². The maximum absolute atomic E-state index is 12.8. The van der Waals surface area contributed by atoms with Crippen molar-refractivity contribution in [2.45, 2.75) is 32.6 Å². The Labute approximate surface area is 205 Å². The van der Waals surface area contributed by atoms with Gasteiger partial charge < -0.3 is 20.5 Å². The van der Waals surface area contributed by atoms with Crippen LogP contribution in [-0.4, -0.2) is 27.9 Å². The maximum atomic E-state index is 12.8. The molecule has 0 atom stereocenters. The third-order valence-electron chi connectivity index (χ3n) is 5.39. The molecule has 8 nitrogen and oxygen atoms in total. The van der Waals surface area contributed by atoms with Crippen LogP contribution in [0.2, 0.25) is 0 Å². The predicted octanol–water partition coefficient (Wildman–Crippen LogP) is 4.11. The van der Waals surface area contributed by atoms with Crippen LogP contribution in [0.3, 0.4) is 0 Å². The number of anilines is 3. The standard InChI is InChI=1S/C27H31N5O3/c1-6-23(33)29-21-12-7-9-18(15-21)13-14-28-24-26(35)32(5)17-22(30-24)31-25(34)19-10-8-11-20(16-19)27(2,3)4/h6-12,15-17H,1,13-14H2,2-5H3,(H,28,30)(H,29,33)(H,31,34). The summed E-state index contributed by atoms with van der Waals surface area (Å²) >= 11 is 0. The van der Waals surface area contributed by atoms with Crippen LogP contribution in [0.15, 0.2) is 72.2 Å². The number of hydrogen-bond donors (Lipinski definition) is 3. The Morgan fingerprint density at radius 3 is 2.54 bits per heavy atom. The molecule has 0 fully saturated rings. The lowest BCUT2D eigenvalue weighted by atomic mass is 9.86. The molecule has 0 aliphatic heterocycles. The highest BCUT2D eigenvalue weighted by molar-refractivity contribution is 6.04. The number of nitrogens with one attached hydrogen (secondary N) is 3.